The first-order valence-corrected chi connectivity index (χ1v) is 14.1. The first-order chi connectivity index (χ1) is 17.2. The van der Waals surface area contributed by atoms with Gasteiger partial charge in [-0.1, -0.05) is 74.5 Å². The number of aryl methyl sites for hydroxylation is 1. The van der Waals surface area contributed by atoms with Crippen molar-refractivity contribution in [3.8, 4) is 0 Å². The van der Waals surface area contributed by atoms with Crippen molar-refractivity contribution >= 4 is 38.3 Å². The van der Waals surface area contributed by atoms with Crippen molar-refractivity contribution in [3.05, 3.63) is 77.9 Å². The second-order valence-electron chi connectivity index (χ2n) is 8.93. The number of hydrogen-bond donors (Lipinski definition) is 1. The number of amides is 2. The molecular formula is C28H35N3O4S. The SMILES string of the molecule is CCCNC(=O)[C@H](CC)N(Cc1ccccc1C)C(=O)CN(c1cccc2ccccc12)S(C)(=O)=O. The van der Waals surface area contributed by atoms with Crippen LogP contribution >= 0.6 is 0 Å². The fourth-order valence-corrected chi connectivity index (χ4v) is 5.14. The molecule has 0 saturated heterocycles. The van der Waals surface area contributed by atoms with E-state index in [4.69, 9.17) is 0 Å². The van der Waals surface area contributed by atoms with E-state index in [2.05, 4.69) is 5.32 Å². The summed E-state index contributed by atoms with van der Waals surface area (Å²) < 4.78 is 27.0. The normalized spacial score (nSPS) is 12.2. The lowest BCUT2D eigenvalue weighted by Crippen LogP contribution is -2.52. The van der Waals surface area contributed by atoms with E-state index in [-0.39, 0.29) is 12.5 Å². The molecule has 0 bridgehead atoms. The lowest BCUT2D eigenvalue weighted by molar-refractivity contribution is -0.140. The van der Waals surface area contributed by atoms with Crippen molar-refractivity contribution in [3.63, 3.8) is 0 Å². The number of fused-ring (bicyclic) bond motifs is 1. The molecular weight excluding hydrogens is 474 g/mol. The molecule has 8 heteroatoms. The van der Waals surface area contributed by atoms with Crippen LogP contribution in [0.2, 0.25) is 0 Å². The van der Waals surface area contributed by atoms with Gasteiger partial charge < -0.3 is 10.2 Å². The van der Waals surface area contributed by atoms with E-state index in [0.29, 0.717) is 18.7 Å². The summed E-state index contributed by atoms with van der Waals surface area (Å²) in [6.45, 7) is 6.08. The lowest BCUT2D eigenvalue weighted by atomic mass is 10.1. The van der Waals surface area contributed by atoms with Gasteiger partial charge in [-0.05, 0) is 42.3 Å². The Balaban J connectivity index is 2.03. The molecule has 0 aliphatic heterocycles. The van der Waals surface area contributed by atoms with Crippen LogP contribution in [0.25, 0.3) is 10.8 Å². The van der Waals surface area contributed by atoms with Crippen molar-refractivity contribution < 1.29 is 18.0 Å². The van der Waals surface area contributed by atoms with Crippen molar-refractivity contribution in [2.45, 2.75) is 46.2 Å². The van der Waals surface area contributed by atoms with E-state index in [9.17, 15) is 18.0 Å². The molecule has 0 fully saturated rings. The fraction of sp³-hybridized carbons (Fsp3) is 0.357. The first kappa shape index (κ1) is 27.2. The lowest BCUT2D eigenvalue weighted by Gasteiger charge is -2.33. The second-order valence-corrected chi connectivity index (χ2v) is 10.8. The molecule has 0 saturated carbocycles. The first-order valence-electron chi connectivity index (χ1n) is 12.2. The Hall–Kier alpha value is -3.39. The quantitative estimate of drug-likeness (QED) is 0.419. The molecule has 0 spiro atoms. The Bertz CT molecular complexity index is 1320. The van der Waals surface area contributed by atoms with Crippen LogP contribution in [0, 0.1) is 6.92 Å². The minimum atomic E-state index is -3.80. The maximum absolute atomic E-state index is 13.8. The number of carbonyl (C=O) groups is 2. The van der Waals surface area contributed by atoms with Gasteiger partial charge in [0.1, 0.15) is 12.6 Å². The van der Waals surface area contributed by atoms with E-state index < -0.39 is 28.5 Å². The third-order valence-corrected chi connectivity index (χ3v) is 7.38. The summed E-state index contributed by atoms with van der Waals surface area (Å²) in [7, 11) is -3.80. The molecule has 0 aromatic heterocycles. The molecule has 36 heavy (non-hydrogen) atoms. The summed E-state index contributed by atoms with van der Waals surface area (Å²) in [6, 6.07) is 19.8. The summed E-state index contributed by atoms with van der Waals surface area (Å²) >= 11 is 0. The number of rotatable bonds is 11. The standard InChI is InChI=1S/C28H35N3O4S/c1-5-18-29-28(33)25(6-2)30(19-23-14-8-7-12-21(23)3)27(32)20-31(36(4,34)35)26-17-11-15-22-13-9-10-16-24(22)26/h7-17,25H,5-6,18-20H2,1-4H3,(H,29,33)/t25-/m0/s1. The molecule has 2 amide bonds. The zero-order valence-corrected chi connectivity index (χ0v) is 22.2. The number of anilines is 1. The third kappa shape index (κ3) is 6.43. The summed E-state index contributed by atoms with van der Waals surface area (Å²) in [6.07, 6.45) is 2.27. The van der Waals surface area contributed by atoms with Gasteiger partial charge in [-0.2, -0.15) is 0 Å². The van der Waals surface area contributed by atoms with Crippen molar-refractivity contribution in [1.82, 2.24) is 10.2 Å². The maximum atomic E-state index is 13.8. The van der Waals surface area contributed by atoms with Gasteiger partial charge in [-0.25, -0.2) is 8.42 Å². The van der Waals surface area contributed by atoms with Gasteiger partial charge in [0, 0.05) is 18.5 Å². The van der Waals surface area contributed by atoms with Gasteiger partial charge in [0.2, 0.25) is 21.8 Å². The van der Waals surface area contributed by atoms with Crippen LogP contribution in [0.4, 0.5) is 5.69 Å². The third-order valence-electron chi connectivity index (χ3n) is 6.25. The molecule has 192 valence electrons. The smallest absolute Gasteiger partial charge is 0.244 e. The number of nitrogens with one attached hydrogen (secondary N) is 1. The fourth-order valence-electron chi connectivity index (χ4n) is 4.28. The van der Waals surface area contributed by atoms with Crippen LogP contribution in [0.15, 0.2) is 66.7 Å². The highest BCUT2D eigenvalue weighted by Crippen LogP contribution is 2.29. The van der Waals surface area contributed by atoms with Gasteiger partial charge in [0.05, 0.1) is 11.9 Å². The second kappa shape index (κ2) is 12.0. The van der Waals surface area contributed by atoms with Crippen LogP contribution in [-0.4, -0.2) is 50.5 Å². The Labute approximate surface area is 214 Å². The summed E-state index contributed by atoms with van der Waals surface area (Å²) in [5.41, 5.74) is 2.33. The van der Waals surface area contributed by atoms with E-state index in [1.807, 2.05) is 75.4 Å². The molecule has 1 N–H and O–H groups in total. The van der Waals surface area contributed by atoms with Crippen LogP contribution in [0.5, 0.6) is 0 Å². The van der Waals surface area contributed by atoms with Gasteiger partial charge in [-0.3, -0.25) is 13.9 Å². The monoisotopic (exact) mass is 509 g/mol. The molecule has 1 atom stereocenters. The number of carbonyl (C=O) groups excluding carboxylic acids is 2. The Morgan fingerprint density at radius 2 is 1.61 bits per heavy atom. The molecule has 0 aliphatic rings. The molecule has 3 rings (SSSR count). The molecule has 0 aliphatic carbocycles. The predicted octanol–water partition coefficient (Wildman–Crippen LogP) is 4.25. The Kier molecular flexibility index (Phi) is 9.09. The minimum absolute atomic E-state index is 0.205. The zero-order valence-electron chi connectivity index (χ0n) is 21.4. The highest BCUT2D eigenvalue weighted by molar-refractivity contribution is 7.92. The molecule has 0 radical (unpaired) electrons. The van der Waals surface area contributed by atoms with Crippen molar-refractivity contribution in [1.29, 1.82) is 0 Å². The Morgan fingerprint density at radius 3 is 2.28 bits per heavy atom. The predicted molar refractivity (Wildman–Crippen MR) is 145 cm³/mol. The number of nitrogens with zero attached hydrogens (tertiary/aromatic N) is 2. The van der Waals surface area contributed by atoms with Gasteiger partial charge in [-0.15, -0.1) is 0 Å². The van der Waals surface area contributed by atoms with Crippen LogP contribution in [0.3, 0.4) is 0 Å². The molecule has 0 heterocycles. The van der Waals surface area contributed by atoms with E-state index in [0.717, 1.165) is 38.9 Å². The minimum Gasteiger partial charge on any atom is -0.354 e. The highest BCUT2D eigenvalue weighted by atomic mass is 32.2. The van der Waals surface area contributed by atoms with Gasteiger partial charge in [0.25, 0.3) is 0 Å². The summed E-state index contributed by atoms with van der Waals surface area (Å²) in [5.74, 6) is -0.674. The van der Waals surface area contributed by atoms with Crippen LogP contribution in [0.1, 0.15) is 37.8 Å². The molecule has 3 aromatic rings. The Morgan fingerprint density at radius 1 is 0.944 bits per heavy atom. The number of sulfonamides is 1. The molecule has 3 aromatic carbocycles. The van der Waals surface area contributed by atoms with Crippen molar-refractivity contribution in [2.75, 3.05) is 23.7 Å². The zero-order chi connectivity index (χ0) is 26.3. The average Bonchev–Trinajstić information content (AvgIpc) is 2.86. The van der Waals surface area contributed by atoms with Gasteiger partial charge >= 0.3 is 0 Å². The molecule has 7 nitrogen and oxygen atoms in total. The number of hydrogen-bond acceptors (Lipinski definition) is 4. The van der Waals surface area contributed by atoms with E-state index in [1.54, 1.807) is 12.1 Å². The summed E-state index contributed by atoms with van der Waals surface area (Å²) in [4.78, 5) is 28.4. The van der Waals surface area contributed by atoms with Crippen LogP contribution in [-0.2, 0) is 26.2 Å². The average molecular weight is 510 g/mol. The molecule has 0 unspecified atom stereocenters. The van der Waals surface area contributed by atoms with Crippen molar-refractivity contribution in [2.24, 2.45) is 0 Å². The summed E-state index contributed by atoms with van der Waals surface area (Å²) in [5, 5.41) is 4.50. The van der Waals surface area contributed by atoms with Gasteiger partial charge in [0.15, 0.2) is 0 Å². The largest absolute Gasteiger partial charge is 0.354 e. The van der Waals surface area contributed by atoms with E-state index in [1.165, 1.54) is 4.90 Å². The van der Waals surface area contributed by atoms with E-state index >= 15 is 0 Å². The van der Waals surface area contributed by atoms with Crippen LogP contribution < -0.4 is 9.62 Å². The topological polar surface area (TPSA) is 86.8 Å². The number of benzene rings is 3. The highest BCUT2D eigenvalue weighted by Gasteiger charge is 2.32. The maximum Gasteiger partial charge on any atom is 0.244 e.